The lowest BCUT2D eigenvalue weighted by atomic mass is 10.0. The predicted molar refractivity (Wildman–Crippen MR) is 62.2 cm³/mol. The van der Waals surface area contributed by atoms with Gasteiger partial charge < -0.3 is 10.1 Å². The number of rotatable bonds is 3. The first-order valence-corrected chi connectivity index (χ1v) is 5.71. The summed E-state index contributed by atoms with van der Waals surface area (Å²) < 4.78 is 5.71. The van der Waals surface area contributed by atoms with Gasteiger partial charge in [0.25, 0.3) is 0 Å². The average Bonchev–Trinajstić information content (AvgIpc) is 2.26. The van der Waals surface area contributed by atoms with Crippen molar-refractivity contribution in [3.63, 3.8) is 0 Å². The number of hydrogen-bond donors (Lipinski definition) is 1. The summed E-state index contributed by atoms with van der Waals surface area (Å²) in [5.41, 5.74) is 2.85. The van der Waals surface area contributed by atoms with Gasteiger partial charge in [0.2, 0.25) is 0 Å². The van der Waals surface area contributed by atoms with Crippen LogP contribution in [-0.4, -0.2) is 13.2 Å². The largest absolute Gasteiger partial charge is 0.493 e. The maximum Gasteiger partial charge on any atom is 0.119 e. The normalized spacial score (nSPS) is 15.1. The van der Waals surface area contributed by atoms with Crippen LogP contribution in [0.2, 0.25) is 0 Å². The van der Waals surface area contributed by atoms with Crippen molar-refractivity contribution in [3.05, 3.63) is 29.3 Å². The zero-order chi connectivity index (χ0) is 10.7. The van der Waals surface area contributed by atoms with Crippen molar-refractivity contribution in [2.75, 3.05) is 13.2 Å². The van der Waals surface area contributed by atoms with Gasteiger partial charge in [0.15, 0.2) is 0 Å². The quantitative estimate of drug-likeness (QED) is 0.818. The first-order valence-electron chi connectivity index (χ1n) is 5.71. The van der Waals surface area contributed by atoms with Crippen molar-refractivity contribution in [1.29, 1.82) is 0 Å². The highest BCUT2D eigenvalue weighted by atomic mass is 16.5. The van der Waals surface area contributed by atoms with E-state index in [1.807, 2.05) is 0 Å². The number of fused-ring (bicyclic) bond motifs is 1. The molecule has 1 aliphatic rings. The van der Waals surface area contributed by atoms with Gasteiger partial charge in [-0.05, 0) is 42.1 Å². The van der Waals surface area contributed by atoms with Crippen LogP contribution < -0.4 is 10.1 Å². The molecule has 0 saturated carbocycles. The topological polar surface area (TPSA) is 21.3 Å². The van der Waals surface area contributed by atoms with Crippen LogP contribution in [0.4, 0.5) is 0 Å². The molecule has 1 aliphatic heterocycles. The highest BCUT2D eigenvalue weighted by Crippen LogP contribution is 2.20. The van der Waals surface area contributed by atoms with Gasteiger partial charge >= 0.3 is 0 Å². The summed E-state index contributed by atoms with van der Waals surface area (Å²) in [6, 6.07) is 6.46. The fourth-order valence-corrected chi connectivity index (χ4v) is 1.81. The number of nitrogens with one attached hydrogen (secondary N) is 1. The van der Waals surface area contributed by atoms with Crippen LogP contribution in [-0.2, 0) is 13.0 Å². The lowest BCUT2D eigenvalue weighted by Gasteiger charge is -2.18. The monoisotopic (exact) mass is 205 g/mol. The highest BCUT2D eigenvalue weighted by Gasteiger charge is 2.09. The predicted octanol–water partition coefficient (Wildman–Crippen LogP) is 2.37. The third-order valence-electron chi connectivity index (χ3n) is 2.65. The standard InChI is InChI=1S/C13H19NO/c1-10(2)9-15-13-4-3-11-5-6-14-8-12(11)7-13/h3-4,7,10,14H,5-6,8-9H2,1-2H3. The van der Waals surface area contributed by atoms with E-state index in [1.54, 1.807) is 0 Å². The molecule has 1 N–H and O–H groups in total. The first kappa shape index (κ1) is 10.5. The van der Waals surface area contributed by atoms with Crippen LogP contribution in [0.1, 0.15) is 25.0 Å². The number of hydrogen-bond acceptors (Lipinski definition) is 2. The van der Waals surface area contributed by atoms with E-state index in [-0.39, 0.29) is 0 Å². The van der Waals surface area contributed by atoms with Crippen LogP contribution in [0.3, 0.4) is 0 Å². The van der Waals surface area contributed by atoms with Gasteiger partial charge in [-0.15, -0.1) is 0 Å². The molecule has 0 unspecified atom stereocenters. The van der Waals surface area contributed by atoms with Crippen molar-refractivity contribution >= 4 is 0 Å². The van der Waals surface area contributed by atoms with Crippen LogP contribution in [0.25, 0.3) is 0 Å². The second kappa shape index (κ2) is 4.67. The molecule has 0 atom stereocenters. The zero-order valence-electron chi connectivity index (χ0n) is 9.55. The van der Waals surface area contributed by atoms with E-state index in [9.17, 15) is 0 Å². The summed E-state index contributed by atoms with van der Waals surface area (Å²) in [5.74, 6) is 1.59. The van der Waals surface area contributed by atoms with Crippen LogP contribution in [0, 0.1) is 5.92 Å². The summed E-state index contributed by atoms with van der Waals surface area (Å²) >= 11 is 0. The first-order chi connectivity index (χ1) is 7.25. The van der Waals surface area contributed by atoms with E-state index in [2.05, 4.69) is 37.4 Å². The average molecular weight is 205 g/mol. The molecule has 0 spiro atoms. The van der Waals surface area contributed by atoms with E-state index in [0.717, 1.165) is 31.9 Å². The Morgan fingerprint density at radius 3 is 3.00 bits per heavy atom. The van der Waals surface area contributed by atoms with Crippen LogP contribution in [0.5, 0.6) is 5.75 Å². The van der Waals surface area contributed by atoms with Crippen molar-refractivity contribution in [2.45, 2.75) is 26.8 Å². The smallest absolute Gasteiger partial charge is 0.119 e. The molecule has 2 rings (SSSR count). The molecule has 0 radical (unpaired) electrons. The third kappa shape index (κ3) is 2.72. The van der Waals surface area contributed by atoms with Gasteiger partial charge in [0, 0.05) is 6.54 Å². The minimum absolute atomic E-state index is 0.583. The lowest BCUT2D eigenvalue weighted by molar-refractivity contribution is 0.270. The maximum atomic E-state index is 5.71. The molecule has 0 aromatic heterocycles. The molecule has 15 heavy (non-hydrogen) atoms. The summed E-state index contributed by atoms with van der Waals surface area (Å²) in [5, 5.41) is 3.38. The van der Waals surface area contributed by atoms with E-state index < -0.39 is 0 Å². The van der Waals surface area contributed by atoms with Crippen LogP contribution in [0.15, 0.2) is 18.2 Å². The molecule has 0 fully saturated rings. The van der Waals surface area contributed by atoms with E-state index >= 15 is 0 Å². The number of ether oxygens (including phenoxy) is 1. The minimum Gasteiger partial charge on any atom is -0.493 e. The minimum atomic E-state index is 0.583. The van der Waals surface area contributed by atoms with Gasteiger partial charge in [-0.25, -0.2) is 0 Å². The molecule has 0 amide bonds. The molecule has 2 heteroatoms. The molecule has 82 valence electrons. The van der Waals surface area contributed by atoms with Gasteiger partial charge in [-0.2, -0.15) is 0 Å². The molecule has 0 saturated heterocycles. The van der Waals surface area contributed by atoms with Crippen molar-refractivity contribution in [1.82, 2.24) is 5.32 Å². The van der Waals surface area contributed by atoms with Gasteiger partial charge in [-0.3, -0.25) is 0 Å². The van der Waals surface area contributed by atoms with Crippen molar-refractivity contribution in [3.8, 4) is 5.75 Å². The zero-order valence-corrected chi connectivity index (χ0v) is 9.55. The molecule has 1 aromatic carbocycles. The van der Waals surface area contributed by atoms with E-state index in [0.29, 0.717) is 5.92 Å². The van der Waals surface area contributed by atoms with E-state index in [4.69, 9.17) is 4.74 Å². The summed E-state index contributed by atoms with van der Waals surface area (Å²) in [7, 11) is 0. The summed E-state index contributed by atoms with van der Waals surface area (Å²) in [6.45, 7) is 7.21. The lowest BCUT2D eigenvalue weighted by Crippen LogP contribution is -2.23. The fourth-order valence-electron chi connectivity index (χ4n) is 1.81. The highest BCUT2D eigenvalue weighted by molar-refractivity contribution is 5.37. The SMILES string of the molecule is CC(C)COc1ccc2c(c1)CNCC2. The Hall–Kier alpha value is -1.02. The molecule has 0 aliphatic carbocycles. The molecular formula is C13H19NO. The van der Waals surface area contributed by atoms with Gasteiger partial charge in [0.1, 0.15) is 5.75 Å². The Balaban J connectivity index is 2.07. The maximum absolute atomic E-state index is 5.71. The Bertz CT molecular complexity index is 333. The van der Waals surface area contributed by atoms with Crippen molar-refractivity contribution in [2.24, 2.45) is 5.92 Å². The summed E-state index contributed by atoms with van der Waals surface area (Å²) in [6.07, 6.45) is 1.14. The number of benzene rings is 1. The fraction of sp³-hybridized carbons (Fsp3) is 0.538. The second-order valence-corrected chi connectivity index (χ2v) is 4.56. The third-order valence-corrected chi connectivity index (χ3v) is 2.65. The van der Waals surface area contributed by atoms with Gasteiger partial charge in [0.05, 0.1) is 6.61 Å². The molecule has 0 bridgehead atoms. The Morgan fingerprint density at radius 2 is 2.20 bits per heavy atom. The van der Waals surface area contributed by atoms with Crippen molar-refractivity contribution < 1.29 is 4.74 Å². The summed E-state index contributed by atoms with van der Waals surface area (Å²) in [4.78, 5) is 0. The Kier molecular flexibility index (Phi) is 3.27. The Labute approximate surface area is 91.6 Å². The molecule has 2 nitrogen and oxygen atoms in total. The van der Waals surface area contributed by atoms with Gasteiger partial charge in [-0.1, -0.05) is 19.9 Å². The Morgan fingerprint density at radius 1 is 1.33 bits per heavy atom. The second-order valence-electron chi connectivity index (χ2n) is 4.56. The van der Waals surface area contributed by atoms with Crippen LogP contribution >= 0.6 is 0 Å². The molecule has 1 aromatic rings. The molecule has 1 heterocycles. The van der Waals surface area contributed by atoms with E-state index in [1.165, 1.54) is 11.1 Å². The molecular weight excluding hydrogens is 186 g/mol.